The molecule has 0 saturated heterocycles. The lowest BCUT2D eigenvalue weighted by molar-refractivity contribution is 0.411. The molecule has 0 amide bonds. The van der Waals surface area contributed by atoms with Gasteiger partial charge in [-0.25, -0.2) is 12.8 Å². The molecule has 142 valence electrons. The van der Waals surface area contributed by atoms with Gasteiger partial charge in [-0.1, -0.05) is 12.1 Å². The first-order chi connectivity index (χ1) is 13.5. The fourth-order valence-corrected chi connectivity index (χ4v) is 4.00. The van der Waals surface area contributed by atoms with Crippen LogP contribution in [-0.2, 0) is 10.0 Å². The Hall–Kier alpha value is -3.39. The number of H-pyrrole nitrogens is 1. The van der Waals surface area contributed by atoms with Crippen LogP contribution in [0.25, 0.3) is 22.2 Å². The number of halogens is 1. The Morgan fingerprint density at radius 1 is 1.04 bits per heavy atom. The Balaban J connectivity index is 1.60. The molecule has 0 atom stereocenters. The molecule has 28 heavy (non-hydrogen) atoms. The third kappa shape index (κ3) is 3.41. The van der Waals surface area contributed by atoms with Crippen LogP contribution in [-0.4, -0.2) is 25.5 Å². The molecule has 0 radical (unpaired) electrons. The van der Waals surface area contributed by atoms with E-state index in [0.717, 1.165) is 34.3 Å². The molecule has 0 unspecified atom stereocenters. The highest BCUT2D eigenvalue weighted by atomic mass is 32.2. The van der Waals surface area contributed by atoms with Gasteiger partial charge in [0.1, 0.15) is 16.5 Å². The monoisotopic (exact) mass is 397 g/mol. The molecule has 2 heterocycles. The third-order valence-electron chi connectivity index (χ3n) is 4.30. The molecule has 2 N–H and O–H groups in total. The number of hydrogen-bond donors (Lipinski definition) is 2. The molecular formula is C20H16FN3O3S. The number of fused-ring (bicyclic) bond motifs is 1. The maximum Gasteiger partial charge on any atom is 0.264 e. The third-order valence-corrected chi connectivity index (χ3v) is 5.69. The quantitative estimate of drug-likeness (QED) is 0.529. The van der Waals surface area contributed by atoms with Crippen LogP contribution in [0.1, 0.15) is 0 Å². The Labute approximate surface area is 161 Å². The molecule has 4 aromatic rings. The molecule has 0 spiro atoms. The van der Waals surface area contributed by atoms with Crippen LogP contribution in [0.15, 0.2) is 71.9 Å². The van der Waals surface area contributed by atoms with Crippen molar-refractivity contribution < 1.29 is 17.5 Å². The van der Waals surface area contributed by atoms with Gasteiger partial charge < -0.3 is 9.72 Å². The smallest absolute Gasteiger partial charge is 0.264 e. The molecule has 0 aliphatic rings. The molecule has 8 heteroatoms. The van der Waals surface area contributed by atoms with Gasteiger partial charge in [-0.15, -0.1) is 0 Å². The van der Waals surface area contributed by atoms with Crippen molar-refractivity contribution in [1.82, 2.24) is 9.97 Å². The Kier molecular flexibility index (Phi) is 4.48. The van der Waals surface area contributed by atoms with E-state index in [0.29, 0.717) is 5.69 Å². The first kappa shape index (κ1) is 18.0. The predicted octanol–water partition coefficient (Wildman–Crippen LogP) is 4.18. The van der Waals surface area contributed by atoms with Gasteiger partial charge in [-0.2, -0.15) is 0 Å². The lowest BCUT2D eigenvalue weighted by Crippen LogP contribution is -2.14. The van der Waals surface area contributed by atoms with E-state index >= 15 is 0 Å². The van der Waals surface area contributed by atoms with Crippen molar-refractivity contribution in [2.24, 2.45) is 0 Å². The molecule has 0 bridgehead atoms. The number of anilines is 1. The lowest BCUT2D eigenvalue weighted by Gasteiger charge is -2.11. The predicted molar refractivity (Wildman–Crippen MR) is 105 cm³/mol. The van der Waals surface area contributed by atoms with Gasteiger partial charge in [0.2, 0.25) is 0 Å². The molecule has 0 aliphatic heterocycles. The second-order valence-electron chi connectivity index (χ2n) is 6.11. The Morgan fingerprint density at radius 2 is 1.82 bits per heavy atom. The summed E-state index contributed by atoms with van der Waals surface area (Å²) in [6, 6.07) is 14.2. The van der Waals surface area contributed by atoms with E-state index in [1.807, 2.05) is 18.3 Å². The molecule has 4 rings (SSSR count). The molecule has 6 nitrogen and oxygen atoms in total. The van der Waals surface area contributed by atoms with E-state index in [-0.39, 0.29) is 5.75 Å². The number of aromatic amines is 1. The average molecular weight is 397 g/mol. The minimum absolute atomic E-state index is 0.254. The van der Waals surface area contributed by atoms with Crippen molar-refractivity contribution in [3.05, 3.63) is 72.8 Å². The van der Waals surface area contributed by atoms with Crippen molar-refractivity contribution in [3.63, 3.8) is 0 Å². The molecule has 2 aromatic heterocycles. The largest absolute Gasteiger partial charge is 0.497 e. The van der Waals surface area contributed by atoms with Gasteiger partial charge >= 0.3 is 0 Å². The summed E-state index contributed by atoms with van der Waals surface area (Å²) in [6.45, 7) is 0. The Bertz CT molecular complexity index is 1250. The van der Waals surface area contributed by atoms with Crippen molar-refractivity contribution in [2.75, 3.05) is 11.8 Å². The summed E-state index contributed by atoms with van der Waals surface area (Å²) in [5.41, 5.74) is 3.87. The van der Waals surface area contributed by atoms with Crippen molar-refractivity contribution in [1.29, 1.82) is 0 Å². The van der Waals surface area contributed by atoms with E-state index in [1.54, 1.807) is 30.5 Å². The SMILES string of the molecule is COc1ccc(F)c(S(=O)(=O)Nc2ccc(-c3cnc4cc[nH]c4c3)cc2)c1. The second-order valence-corrected chi connectivity index (χ2v) is 7.76. The number of pyridine rings is 1. The normalized spacial score (nSPS) is 11.5. The number of rotatable bonds is 5. The van der Waals surface area contributed by atoms with Gasteiger partial charge in [-0.05, 0) is 42.0 Å². The van der Waals surface area contributed by atoms with E-state index in [1.165, 1.54) is 13.2 Å². The summed E-state index contributed by atoms with van der Waals surface area (Å²) < 4.78 is 46.5. The van der Waals surface area contributed by atoms with Crippen LogP contribution in [0.3, 0.4) is 0 Å². The summed E-state index contributed by atoms with van der Waals surface area (Å²) >= 11 is 0. The average Bonchev–Trinajstić information content (AvgIpc) is 3.16. The fraction of sp³-hybridized carbons (Fsp3) is 0.0500. The zero-order chi connectivity index (χ0) is 19.7. The lowest BCUT2D eigenvalue weighted by atomic mass is 10.1. The van der Waals surface area contributed by atoms with Crippen molar-refractivity contribution in [2.45, 2.75) is 4.90 Å². The highest BCUT2D eigenvalue weighted by Crippen LogP contribution is 2.26. The van der Waals surface area contributed by atoms with Crippen molar-refractivity contribution in [3.8, 4) is 16.9 Å². The number of methoxy groups -OCH3 is 1. The molecule has 0 fully saturated rings. The maximum absolute atomic E-state index is 14.0. The van der Waals surface area contributed by atoms with E-state index in [2.05, 4.69) is 14.7 Å². The minimum Gasteiger partial charge on any atom is -0.497 e. The summed E-state index contributed by atoms with van der Waals surface area (Å²) in [4.78, 5) is 7.00. The maximum atomic E-state index is 14.0. The minimum atomic E-state index is -4.10. The van der Waals surface area contributed by atoms with Crippen molar-refractivity contribution >= 4 is 26.7 Å². The van der Waals surface area contributed by atoms with Gasteiger partial charge in [-0.3, -0.25) is 9.71 Å². The highest BCUT2D eigenvalue weighted by Gasteiger charge is 2.20. The molecular weight excluding hydrogens is 381 g/mol. The summed E-state index contributed by atoms with van der Waals surface area (Å²) in [6.07, 6.45) is 3.57. The highest BCUT2D eigenvalue weighted by molar-refractivity contribution is 7.92. The summed E-state index contributed by atoms with van der Waals surface area (Å²) in [5.74, 6) is -0.598. The number of hydrogen-bond acceptors (Lipinski definition) is 4. The number of nitrogens with zero attached hydrogens (tertiary/aromatic N) is 1. The van der Waals surface area contributed by atoms with Gasteiger partial charge in [0, 0.05) is 29.7 Å². The Morgan fingerprint density at radius 3 is 2.57 bits per heavy atom. The molecule has 2 aromatic carbocycles. The summed E-state index contributed by atoms with van der Waals surface area (Å²) in [7, 11) is -2.71. The van der Waals surface area contributed by atoms with Gasteiger partial charge in [0.15, 0.2) is 0 Å². The van der Waals surface area contributed by atoms with Crippen LogP contribution in [0, 0.1) is 5.82 Å². The molecule has 0 aliphatic carbocycles. The topological polar surface area (TPSA) is 84.1 Å². The first-order valence-corrected chi connectivity index (χ1v) is 9.84. The van der Waals surface area contributed by atoms with Crippen LogP contribution in [0.4, 0.5) is 10.1 Å². The first-order valence-electron chi connectivity index (χ1n) is 8.36. The van der Waals surface area contributed by atoms with Crippen LogP contribution in [0.2, 0.25) is 0 Å². The number of benzene rings is 2. The zero-order valence-corrected chi connectivity index (χ0v) is 15.6. The second kappa shape index (κ2) is 6.97. The number of aromatic nitrogens is 2. The van der Waals surface area contributed by atoms with Gasteiger partial charge in [0.25, 0.3) is 10.0 Å². The van der Waals surface area contributed by atoms with Crippen LogP contribution < -0.4 is 9.46 Å². The van der Waals surface area contributed by atoms with Gasteiger partial charge in [0.05, 0.1) is 18.1 Å². The number of nitrogens with one attached hydrogen (secondary N) is 2. The van der Waals surface area contributed by atoms with Crippen LogP contribution in [0.5, 0.6) is 5.75 Å². The number of ether oxygens (including phenoxy) is 1. The zero-order valence-electron chi connectivity index (χ0n) is 14.8. The standard InChI is InChI=1S/C20H16FN3O3S/c1-27-16-6-7-17(21)20(11-16)28(25,26)24-15-4-2-13(3-5-15)14-10-19-18(23-12-14)8-9-22-19/h2-12,22,24H,1H3. The summed E-state index contributed by atoms with van der Waals surface area (Å²) in [5, 5.41) is 0. The number of sulfonamides is 1. The van der Waals surface area contributed by atoms with E-state index < -0.39 is 20.7 Å². The van der Waals surface area contributed by atoms with E-state index in [9.17, 15) is 12.8 Å². The van der Waals surface area contributed by atoms with E-state index in [4.69, 9.17) is 4.74 Å². The molecule has 0 saturated carbocycles. The van der Waals surface area contributed by atoms with Crippen LogP contribution >= 0.6 is 0 Å². The fourth-order valence-electron chi connectivity index (χ4n) is 2.85.